The van der Waals surface area contributed by atoms with Gasteiger partial charge in [-0.2, -0.15) is 0 Å². The van der Waals surface area contributed by atoms with E-state index in [1.54, 1.807) is 17.8 Å². The Morgan fingerprint density at radius 1 is 1.14 bits per heavy atom. The van der Waals surface area contributed by atoms with Gasteiger partial charge in [-0.05, 0) is 36.7 Å². The predicted molar refractivity (Wildman–Crippen MR) is 92.4 cm³/mol. The van der Waals surface area contributed by atoms with Crippen LogP contribution in [-0.2, 0) is 6.42 Å². The first kappa shape index (κ1) is 16.5. The first-order valence-corrected chi connectivity index (χ1v) is 8.82. The summed E-state index contributed by atoms with van der Waals surface area (Å²) in [5, 5.41) is 3.48. The van der Waals surface area contributed by atoms with Crippen LogP contribution in [0.3, 0.4) is 0 Å². The maximum atomic E-state index is 13.7. The number of benzene rings is 2. The Bertz CT molecular complexity index is 576. The molecule has 0 radical (unpaired) electrons. The normalized spacial score (nSPS) is 12.3. The molecule has 1 atom stereocenters. The van der Waals surface area contributed by atoms with E-state index >= 15 is 0 Å². The van der Waals surface area contributed by atoms with Crippen LogP contribution in [0, 0.1) is 5.82 Å². The molecular formula is C17H19BrFNS. The molecule has 0 saturated carbocycles. The molecule has 0 saturated heterocycles. The number of nitrogens with one attached hydrogen (secondary N) is 1. The summed E-state index contributed by atoms with van der Waals surface area (Å²) in [5.41, 5.74) is 1.28. The van der Waals surface area contributed by atoms with E-state index in [9.17, 15) is 4.39 Å². The second-order valence-corrected chi connectivity index (χ2v) is 6.71. The van der Waals surface area contributed by atoms with Gasteiger partial charge < -0.3 is 5.32 Å². The first-order chi connectivity index (χ1) is 10.2. The van der Waals surface area contributed by atoms with Crippen molar-refractivity contribution < 1.29 is 4.39 Å². The molecule has 0 spiro atoms. The van der Waals surface area contributed by atoms with Gasteiger partial charge in [-0.3, -0.25) is 0 Å². The van der Waals surface area contributed by atoms with Gasteiger partial charge in [0, 0.05) is 21.2 Å². The van der Waals surface area contributed by atoms with E-state index in [2.05, 4.69) is 40.3 Å². The van der Waals surface area contributed by atoms with Gasteiger partial charge in [-0.15, -0.1) is 11.8 Å². The third kappa shape index (κ3) is 5.13. The lowest BCUT2D eigenvalue weighted by molar-refractivity contribution is 0.570. The second kappa shape index (κ2) is 8.57. The largest absolute Gasteiger partial charge is 0.313 e. The summed E-state index contributed by atoms with van der Waals surface area (Å²) < 4.78 is 14.8. The fourth-order valence-corrected chi connectivity index (χ4v) is 3.60. The maximum Gasteiger partial charge on any atom is 0.136 e. The minimum atomic E-state index is -0.140. The summed E-state index contributed by atoms with van der Waals surface area (Å²) in [6.45, 7) is 3.01. The van der Waals surface area contributed by atoms with Crippen LogP contribution in [-0.4, -0.2) is 18.3 Å². The third-order valence-corrected chi connectivity index (χ3v) is 5.18. The summed E-state index contributed by atoms with van der Waals surface area (Å²) in [4.78, 5) is 0.715. The van der Waals surface area contributed by atoms with E-state index in [1.165, 1.54) is 11.6 Å². The molecule has 112 valence electrons. The molecule has 0 aliphatic heterocycles. The molecule has 0 bridgehead atoms. The average molecular weight is 368 g/mol. The summed E-state index contributed by atoms with van der Waals surface area (Å²) >= 11 is 5.16. The number of halogens is 2. The van der Waals surface area contributed by atoms with Crippen molar-refractivity contribution in [3.05, 3.63) is 64.4 Å². The molecule has 1 nitrogen and oxygen atoms in total. The van der Waals surface area contributed by atoms with Crippen molar-refractivity contribution in [3.63, 3.8) is 0 Å². The molecule has 0 aliphatic rings. The van der Waals surface area contributed by atoms with Crippen LogP contribution in [0.25, 0.3) is 0 Å². The first-order valence-electron chi connectivity index (χ1n) is 7.04. The summed E-state index contributed by atoms with van der Waals surface area (Å²) in [7, 11) is 0. The van der Waals surface area contributed by atoms with Crippen LogP contribution in [0.2, 0.25) is 0 Å². The Kier molecular flexibility index (Phi) is 6.74. The number of thioether (sulfide) groups is 1. The summed E-state index contributed by atoms with van der Waals surface area (Å²) in [5.74, 6) is 0.703. The molecule has 21 heavy (non-hydrogen) atoms. The van der Waals surface area contributed by atoms with Gasteiger partial charge in [0.05, 0.1) is 0 Å². The molecule has 1 N–H and O–H groups in total. The van der Waals surface area contributed by atoms with E-state index in [1.807, 2.05) is 24.3 Å². The molecule has 4 heteroatoms. The monoisotopic (exact) mass is 367 g/mol. The van der Waals surface area contributed by atoms with Crippen molar-refractivity contribution in [3.8, 4) is 0 Å². The van der Waals surface area contributed by atoms with Crippen LogP contribution in [0.5, 0.6) is 0 Å². The molecule has 1 unspecified atom stereocenters. The average Bonchev–Trinajstić information content (AvgIpc) is 2.48. The topological polar surface area (TPSA) is 12.0 Å². The molecule has 2 aromatic carbocycles. The highest BCUT2D eigenvalue weighted by atomic mass is 79.9. The quantitative estimate of drug-likeness (QED) is 0.698. The predicted octanol–water partition coefficient (Wildman–Crippen LogP) is 4.90. The fourth-order valence-electron chi connectivity index (χ4n) is 2.16. The highest BCUT2D eigenvalue weighted by molar-refractivity contribution is 9.10. The maximum absolute atomic E-state index is 13.7. The van der Waals surface area contributed by atoms with Gasteiger partial charge in [-0.25, -0.2) is 4.39 Å². The number of rotatable bonds is 7. The van der Waals surface area contributed by atoms with Crippen molar-refractivity contribution in [1.29, 1.82) is 0 Å². The van der Waals surface area contributed by atoms with Crippen molar-refractivity contribution in [2.75, 3.05) is 12.3 Å². The molecule has 0 fully saturated rings. The van der Waals surface area contributed by atoms with E-state index in [4.69, 9.17) is 0 Å². The molecule has 2 rings (SSSR count). The molecule has 0 amide bonds. The van der Waals surface area contributed by atoms with Gasteiger partial charge in [0.1, 0.15) is 5.82 Å². The standard InChI is InChI=1S/C17H19BrFNS/c1-2-20-14(11-13-7-3-4-8-15(13)18)12-21-17-10-6-5-9-16(17)19/h3-10,14,20H,2,11-12H2,1H3. The number of hydrogen-bond acceptors (Lipinski definition) is 2. The Hall–Kier alpha value is -0.840. The van der Waals surface area contributed by atoms with Gasteiger partial charge in [0.2, 0.25) is 0 Å². The van der Waals surface area contributed by atoms with Crippen LogP contribution in [0.15, 0.2) is 57.9 Å². The van der Waals surface area contributed by atoms with Crippen molar-refractivity contribution in [1.82, 2.24) is 5.32 Å². The zero-order valence-electron chi connectivity index (χ0n) is 12.0. The van der Waals surface area contributed by atoms with E-state index in [0.29, 0.717) is 10.9 Å². The Balaban J connectivity index is 1.99. The van der Waals surface area contributed by atoms with Crippen LogP contribution >= 0.6 is 27.7 Å². The number of hydrogen-bond donors (Lipinski definition) is 1. The van der Waals surface area contributed by atoms with Crippen molar-refractivity contribution >= 4 is 27.7 Å². The molecule has 0 aromatic heterocycles. The van der Waals surface area contributed by atoms with Crippen LogP contribution < -0.4 is 5.32 Å². The Morgan fingerprint density at radius 3 is 2.57 bits per heavy atom. The van der Waals surface area contributed by atoms with Crippen molar-refractivity contribution in [2.24, 2.45) is 0 Å². The minimum Gasteiger partial charge on any atom is -0.313 e. The lowest BCUT2D eigenvalue weighted by Crippen LogP contribution is -2.33. The van der Waals surface area contributed by atoms with Gasteiger partial charge >= 0.3 is 0 Å². The smallest absolute Gasteiger partial charge is 0.136 e. The zero-order chi connectivity index (χ0) is 15.1. The van der Waals surface area contributed by atoms with Crippen LogP contribution in [0.4, 0.5) is 4.39 Å². The van der Waals surface area contributed by atoms with Gasteiger partial charge in [0.15, 0.2) is 0 Å². The molecule has 0 aliphatic carbocycles. The van der Waals surface area contributed by atoms with Gasteiger partial charge in [-0.1, -0.05) is 53.2 Å². The third-order valence-electron chi connectivity index (χ3n) is 3.19. The van der Waals surface area contributed by atoms with Crippen molar-refractivity contribution in [2.45, 2.75) is 24.3 Å². The van der Waals surface area contributed by atoms with Crippen LogP contribution in [0.1, 0.15) is 12.5 Å². The highest BCUT2D eigenvalue weighted by Gasteiger charge is 2.12. The SMILES string of the molecule is CCNC(CSc1ccccc1F)Cc1ccccc1Br. The second-order valence-electron chi connectivity index (χ2n) is 4.79. The molecular weight excluding hydrogens is 349 g/mol. The fraction of sp³-hybridized carbons (Fsp3) is 0.294. The highest BCUT2D eigenvalue weighted by Crippen LogP contribution is 2.24. The summed E-state index contributed by atoms with van der Waals surface area (Å²) in [6, 6.07) is 15.5. The van der Waals surface area contributed by atoms with E-state index in [0.717, 1.165) is 23.2 Å². The molecule has 2 aromatic rings. The Labute approximate surface area is 138 Å². The van der Waals surface area contributed by atoms with E-state index < -0.39 is 0 Å². The minimum absolute atomic E-state index is 0.140. The lowest BCUT2D eigenvalue weighted by Gasteiger charge is -2.18. The summed E-state index contributed by atoms with van der Waals surface area (Å²) in [6.07, 6.45) is 0.927. The zero-order valence-corrected chi connectivity index (χ0v) is 14.4. The Morgan fingerprint density at radius 2 is 1.86 bits per heavy atom. The molecule has 0 heterocycles. The van der Waals surface area contributed by atoms with E-state index in [-0.39, 0.29) is 5.82 Å². The number of likely N-dealkylation sites (N-methyl/N-ethyl adjacent to an activating group) is 1. The van der Waals surface area contributed by atoms with Gasteiger partial charge in [0.25, 0.3) is 0 Å². The lowest BCUT2D eigenvalue weighted by atomic mass is 10.1.